The third-order valence-electron chi connectivity index (χ3n) is 10.1. The van der Waals surface area contributed by atoms with Crippen molar-refractivity contribution in [3.8, 4) is 0 Å². The second kappa shape index (κ2) is 44.2. The Morgan fingerprint density at radius 2 is 1.05 bits per heavy atom. The van der Waals surface area contributed by atoms with Crippen molar-refractivity contribution >= 4 is 19.8 Å². The molecule has 61 heavy (non-hydrogen) atoms. The van der Waals surface area contributed by atoms with Crippen LogP contribution in [0.5, 0.6) is 0 Å². The molecule has 354 valence electrons. The van der Waals surface area contributed by atoms with Crippen LogP contribution < -0.4 is 5.73 Å². The molecule has 0 spiro atoms. The first-order chi connectivity index (χ1) is 29.6. The molecule has 5 N–H and O–H groups in total. The molecule has 0 aromatic heterocycles. The molecule has 0 aliphatic rings. The topological polar surface area (TPSA) is 175 Å². The van der Waals surface area contributed by atoms with Crippen LogP contribution in [-0.4, -0.2) is 71.7 Å². The lowest BCUT2D eigenvalue weighted by molar-refractivity contribution is -0.161. The zero-order valence-electron chi connectivity index (χ0n) is 38.4. The van der Waals surface area contributed by atoms with Crippen molar-refractivity contribution in [2.45, 2.75) is 212 Å². The molecular formula is C49H88NO10P. The molecule has 0 aliphatic heterocycles. The number of aliphatic hydroxyl groups is 2. The zero-order chi connectivity index (χ0) is 44.9. The summed E-state index contributed by atoms with van der Waals surface area (Å²) in [6.07, 6.45) is 46.1. The molecular weight excluding hydrogens is 794 g/mol. The summed E-state index contributed by atoms with van der Waals surface area (Å²) in [6.45, 7) is 3.37. The molecule has 0 aromatic rings. The van der Waals surface area contributed by atoms with Crippen molar-refractivity contribution in [3.63, 3.8) is 0 Å². The van der Waals surface area contributed by atoms with Crippen molar-refractivity contribution in [1.29, 1.82) is 0 Å². The van der Waals surface area contributed by atoms with Gasteiger partial charge >= 0.3 is 19.8 Å². The van der Waals surface area contributed by atoms with E-state index in [0.717, 1.165) is 44.9 Å². The number of hydrogen-bond acceptors (Lipinski definition) is 10. The van der Waals surface area contributed by atoms with E-state index in [9.17, 15) is 29.3 Å². The molecule has 0 amide bonds. The first kappa shape index (κ1) is 58.6. The highest BCUT2D eigenvalue weighted by atomic mass is 31.2. The second-order valence-electron chi connectivity index (χ2n) is 16.0. The maximum absolute atomic E-state index is 12.6. The van der Waals surface area contributed by atoms with E-state index in [4.69, 9.17) is 24.3 Å². The van der Waals surface area contributed by atoms with Gasteiger partial charge < -0.3 is 30.3 Å². The Balaban J connectivity index is 4.28. The molecule has 1 unspecified atom stereocenters. The normalized spacial score (nSPS) is 14.8. The standard InChI is InChI=1S/C49H88NO10P/c1-3-5-7-8-9-10-11-12-13-14-15-16-17-18-19-20-21-22-26-29-33-39-48(53)57-43-47(44-59-61(55,56)58-42-41-50)60-49(54)40-34-38-46(52)37-32-28-25-23-24-27-31-36-45(51)35-30-6-4-2/h12-13,24-25,27-28,31-32,36-37,45-47,51-52H,3-11,14-23,26,29-30,33-35,38-44,50H2,1-2H3,(H,55,56)/b13-12-,27-24-,28-25-,36-31+,37-32+/t45-,46-,47-/m1/s1. The quantitative estimate of drug-likeness (QED) is 0.0151. The van der Waals surface area contributed by atoms with Crippen LogP contribution >= 0.6 is 7.82 Å². The average Bonchev–Trinajstić information content (AvgIpc) is 3.23. The van der Waals surface area contributed by atoms with Gasteiger partial charge in [0.25, 0.3) is 0 Å². The number of aliphatic hydroxyl groups excluding tert-OH is 2. The third-order valence-corrected chi connectivity index (χ3v) is 11.1. The minimum Gasteiger partial charge on any atom is -0.462 e. The fourth-order valence-corrected chi connectivity index (χ4v) is 7.20. The predicted octanol–water partition coefficient (Wildman–Crippen LogP) is 12.0. The van der Waals surface area contributed by atoms with Crippen LogP contribution in [0, 0.1) is 0 Å². The summed E-state index contributed by atoms with van der Waals surface area (Å²) in [5.41, 5.74) is 5.34. The fraction of sp³-hybridized carbons (Fsp3) is 0.755. The Labute approximate surface area is 371 Å². The lowest BCUT2D eigenvalue weighted by Crippen LogP contribution is -2.29. The molecule has 12 heteroatoms. The summed E-state index contributed by atoms with van der Waals surface area (Å²) in [5, 5.41) is 20.2. The van der Waals surface area contributed by atoms with Crippen LogP contribution in [0.3, 0.4) is 0 Å². The summed E-state index contributed by atoms with van der Waals surface area (Å²) >= 11 is 0. The van der Waals surface area contributed by atoms with Gasteiger partial charge in [0.15, 0.2) is 6.10 Å². The van der Waals surface area contributed by atoms with Crippen LogP contribution in [0.1, 0.15) is 194 Å². The summed E-state index contributed by atoms with van der Waals surface area (Å²) < 4.78 is 32.7. The van der Waals surface area contributed by atoms with Gasteiger partial charge in [-0.15, -0.1) is 0 Å². The summed E-state index contributed by atoms with van der Waals surface area (Å²) in [7, 11) is -4.45. The number of phosphoric acid groups is 1. The predicted molar refractivity (Wildman–Crippen MR) is 250 cm³/mol. The Morgan fingerprint density at radius 1 is 0.574 bits per heavy atom. The van der Waals surface area contributed by atoms with Crippen molar-refractivity contribution in [2.24, 2.45) is 5.73 Å². The number of rotatable bonds is 44. The third kappa shape index (κ3) is 44.0. The van der Waals surface area contributed by atoms with Gasteiger partial charge in [0, 0.05) is 19.4 Å². The highest BCUT2D eigenvalue weighted by molar-refractivity contribution is 7.47. The molecule has 0 saturated heterocycles. The van der Waals surface area contributed by atoms with Gasteiger partial charge in [0.1, 0.15) is 6.61 Å². The number of phosphoric ester groups is 1. The van der Waals surface area contributed by atoms with Gasteiger partial charge in [0.05, 0.1) is 25.4 Å². The number of carbonyl (C=O) groups excluding carboxylic acids is 2. The Hall–Kier alpha value is -2.37. The summed E-state index contributed by atoms with van der Waals surface area (Å²) in [5.74, 6) is -1.06. The van der Waals surface area contributed by atoms with Crippen molar-refractivity contribution in [3.05, 3.63) is 60.8 Å². The minimum absolute atomic E-state index is 0.0140. The number of nitrogens with two attached hydrogens (primary N) is 1. The van der Waals surface area contributed by atoms with Gasteiger partial charge in [-0.05, 0) is 57.8 Å². The molecule has 4 atom stereocenters. The maximum Gasteiger partial charge on any atom is 0.472 e. The smallest absolute Gasteiger partial charge is 0.462 e. The number of carbonyl (C=O) groups is 2. The van der Waals surface area contributed by atoms with Crippen LogP contribution in [-0.2, 0) is 32.7 Å². The van der Waals surface area contributed by atoms with Crippen molar-refractivity contribution in [1.82, 2.24) is 0 Å². The number of ether oxygens (including phenoxy) is 2. The fourth-order valence-electron chi connectivity index (χ4n) is 6.43. The first-order valence-corrected chi connectivity index (χ1v) is 25.5. The molecule has 11 nitrogen and oxygen atoms in total. The Bertz CT molecular complexity index is 1220. The van der Waals surface area contributed by atoms with Gasteiger partial charge in [-0.2, -0.15) is 0 Å². The van der Waals surface area contributed by atoms with E-state index in [1.165, 1.54) is 96.3 Å². The van der Waals surface area contributed by atoms with Crippen LogP contribution in [0.2, 0.25) is 0 Å². The number of esters is 2. The molecule has 0 rings (SSSR count). The van der Waals surface area contributed by atoms with Crippen molar-refractivity contribution in [2.75, 3.05) is 26.4 Å². The highest BCUT2D eigenvalue weighted by Crippen LogP contribution is 2.43. The summed E-state index contributed by atoms with van der Waals surface area (Å²) in [6, 6.07) is 0. The van der Waals surface area contributed by atoms with Crippen LogP contribution in [0.25, 0.3) is 0 Å². The van der Waals surface area contributed by atoms with E-state index in [1.54, 1.807) is 18.2 Å². The van der Waals surface area contributed by atoms with E-state index < -0.39 is 44.7 Å². The van der Waals surface area contributed by atoms with E-state index >= 15 is 0 Å². The monoisotopic (exact) mass is 882 g/mol. The van der Waals surface area contributed by atoms with E-state index in [1.807, 2.05) is 30.4 Å². The molecule has 0 saturated carbocycles. The largest absolute Gasteiger partial charge is 0.472 e. The molecule has 0 aromatic carbocycles. The van der Waals surface area contributed by atoms with Gasteiger partial charge in [-0.25, -0.2) is 4.57 Å². The highest BCUT2D eigenvalue weighted by Gasteiger charge is 2.26. The molecule has 0 aliphatic carbocycles. The minimum atomic E-state index is -4.45. The van der Waals surface area contributed by atoms with Crippen LogP contribution in [0.15, 0.2) is 60.8 Å². The summed E-state index contributed by atoms with van der Waals surface area (Å²) in [4.78, 5) is 35.0. The number of unbranched alkanes of at least 4 members (excludes halogenated alkanes) is 19. The van der Waals surface area contributed by atoms with Crippen molar-refractivity contribution < 1.29 is 47.8 Å². The zero-order valence-corrected chi connectivity index (χ0v) is 39.3. The number of hydrogen-bond donors (Lipinski definition) is 4. The van der Waals surface area contributed by atoms with Gasteiger partial charge in [0.2, 0.25) is 0 Å². The Morgan fingerprint density at radius 3 is 1.59 bits per heavy atom. The van der Waals surface area contributed by atoms with Gasteiger partial charge in [-0.1, -0.05) is 184 Å². The SMILES string of the molecule is CCCCCCCC/C=C\CCCCCCCCCCCCCC(=O)OC[C@H](COP(=O)(O)OCCN)OC(=O)CCC[C@H](O)/C=C/C=C\C/C=C\C=C\[C@H](O)CCCCC. The average molecular weight is 882 g/mol. The Kier molecular flexibility index (Phi) is 42.5. The number of allylic oxidation sites excluding steroid dienone is 8. The van der Waals surface area contributed by atoms with Crippen LogP contribution in [0.4, 0.5) is 0 Å². The molecule has 0 radical (unpaired) electrons. The maximum atomic E-state index is 12.6. The second-order valence-corrected chi connectivity index (χ2v) is 17.5. The first-order valence-electron chi connectivity index (χ1n) is 24.0. The lowest BCUT2D eigenvalue weighted by Gasteiger charge is -2.20. The van der Waals surface area contributed by atoms with Gasteiger partial charge in [-0.3, -0.25) is 18.6 Å². The van der Waals surface area contributed by atoms with E-state index in [-0.39, 0.29) is 32.6 Å². The molecule has 0 heterocycles. The molecule has 0 bridgehead atoms. The van der Waals surface area contributed by atoms with E-state index in [2.05, 4.69) is 26.0 Å². The molecule has 0 fully saturated rings. The van der Waals surface area contributed by atoms with E-state index in [0.29, 0.717) is 25.7 Å². The lowest BCUT2D eigenvalue weighted by atomic mass is 10.0.